The number of hydrogen-bond acceptors (Lipinski definition) is 6. The van der Waals surface area contributed by atoms with Crippen molar-refractivity contribution in [1.29, 1.82) is 0 Å². The van der Waals surface area contributed by atoms with Crippen LogP contribution in [0.1, 0.15) is 19.8 Å². The van der Waals surface area contributed by atoms with E-state index in [0.29, 0.717) is 28.5 Å². The molecule has 4 N–H and O–H groups in total. The van der Waals surface area contributed by atoms with Crippen molar-refractivity contribution >= 4 is 34.4 Å². The summed E-state index contributed by atoms with van der Waals surface area (Å²) in [5.74, 6) is 0.775. The number of nitrogens with zero attached hydrogens (tertiary/aromatic N) is 4. The molecule has 1 unspecified atom stereocenters. The number of nitrogens with two attached hydrogens (primary N) is 1. The summed E-state index contributed by atoms with van der Waals surface area (Å²) in [6.07, 6.45) is 1.65. The fourth-order valence-electron chi connectivity index (χ4n) is 2.52. The Hall–Kier alpha value is -1.60. The number of H-pyrrole nitrogens is 1. The number of nitrogens with one attached hydrogen (secondary N) is 1. The van der Waals surface area contributed by atoms with E-state index >= 15 is 0 Å². The number of rotatable bonds is 1. The topological polar surface area (TPSA) is 104 Å². The van der Waals surface area contributed by atoms with Crippen LogP contribution in [0.3, 0.4) is 0 Å². The number of anilines is 2. The van der Waals surface area contributed by atoms with Gasteiger partial charge in [0, 0.05) is 13.1 Å². The first-order chi connectivity index (χ1) is 8.96. The van der Waals surface area contributed by atoms with Gasteiger partial charge in [-0.15, -0.1) is 0 Å². The summed E-state index contributed by atoms with van der Waals surface area (Å²) in [5.41, 5.74) is 5.41. The molecule has 0 amide bonds. The molecule has 0 aromatic carbocycles. The molecule has 102 valence electrons. The van der Waals surface area contributed by atoms with Crippen LogP contribution in [-0.2, 0) is 0 Å². The molecule has 0 bridgehead atoms. The molecule has 1 atom stereocenters. The van der Waals surface area contributed by atoms with Crippen molar-refractivity contribution in [2.24, 2.45) is 0 Å². The Morgan fingerprint density at radius 1 is 1.47 bits per heavy atom. The molecule has 8 heteroatoms. The third kappa shape index (κ3) is 2.19. The van der Waals surface area contributed by atoms with Crippen molar-refractivity contribution in [2.75, 3.05) is 23.7 Å². The predicted octanol–water partition coefficient (Wildman–Crippen LogP) is 0.940. The lowest BCUT2D eigenvalue weighted by molar-refractivity contribution is 0.0448. The molecule has 1 aliphatic heterocycles. The molecule has 1 aliphatic rings. The van der Waals surface area contributed by atoms with Gasteiger partial charge < -0.3 is 15.7 Å². The van der Waals surface area contributed by atoms with E-state index in [1.807, 2.05) is 11.8 Å². The van der Waals surface area contributed by atoms with Crippen LogP contribution in [0.15, 0.2) is 0 Å². The molecule has 1 fully saturated rings. The van der Waals surface area contributed by atoms with Crippen molar-refractivity contribution < 1.29 is 5.11 Å². The quantitative estimate of drug-likeness (QED) is 0.719. The van der Waals surface area contributed by atoms with Crippen LogP contribution in [0, 0.1) is 0 Å². The van der Waals surface area contributed by atoms with Crippen molar-refractivity contribution in [3.63, 3.8) is 0 Å². The van der Waals surface area contributed by atoms with Crippen LogP contribution in [-0.4, -0.2) is 44.0 Å². The molecule has 0 spiro atoms. The Kier molecular flexibility index (Phi) is 2.75. The van der Waals surface area contributed by atoms with Crippen molar-refractivity contribution in [2.45, 2.75) is 25.4 Å². The third-order valence-corrected chi connectivity index (χ3v) is 3.62. The Morgan fingerprint density at radius 3 is 3.00 bits per heavy atom. The highest BCUT2D eigenvalue weighted by molar-refractivity contribution is 6.35. The second-order valence-corrected chi connectivity index (χ2v) is 5.54. The zero-order valence-electron chi connectivity index (χ0n) is 10.5. The Labute approximate surface area is 114 Å². The number of halogens is 1. The highest BCUT2D eigenvalue weighted by Crippen LogP contribution is 2.32. The van der Waals surface area contributed by atoms with E-state index in [9.17, 15) is 5.11 Å². The number of β-amino-alcohol motifs (C(OH)–C–C–N with tert-alkyl or cyclic N) is 1. The lowest BCUT2D eigenvalue weighted by atomic mass is 9.95. The first-order valence-corrected chi connectivity index (χ1v) is 6.48. The molecule has 7 nitrogen and oxygen atoms in total. The zero-order valence-corrected chi connectivity index (χ0v) is 11.3. The molecule has 1 saturated heterocycles. The molecule has 0 aliphatic carbocycles. The molecular formula is C11H15ClN6O. The van der Waals surface area contributed by atoms with Gasteiger partial charge in [-0.25, -0.2) is 0 Å². The van der Waals surface area contributed by atoms with Crippen LogP contribution in [0.2, 0.25) is 5.15 Å². The first-order valence-electron chi connectivity index (χ1n) is 6.11. The smallest absolute Gasteiger partial charge is 0.224 e. The molecule has 3 heterocycles. The summed E-state index contributed by atoms with van der Waals surface area (Å²) in [4.78, 5) is 10.3. The van der Waals surface area contributed by atoms with Crippen LogP contribution in [0.4, 0.5) is 11.8 Å². The van der Waals surface area contributed by atoms with Crippen molar-refractivity contribution in [3.05, 3.63) is 5.15 Å². The Morgan fingerprint density at radius 2 is 2.26 bits per heavy atom. The van der Waals surface area contributed by atoms with Gasteiger partial charge in [-0.05, 0) is 19.8 Å². The van der Waals surface area contributed by atoms with Gasteiger partial charge in [0.05, 0.1) is 5.60 Å². The summed E-state index contributed by atoms with van der Waals surface area (Å²) in [6.45, 7) is 3.10. The third-order valence-electron chi connectivity index (χ3n) is 3.34. The summed E-state index contributed by atoms with van der Waals surface area (Å²) >= 11 is 6.09. The summed E-state index contributed by atoms with van der Waals surface area (Å²) in [5, 5.41) is 17.9. The van der Waals surface area contributed by atoms with Gasteiger partial charge >= 0.3 is 0 Å². The minimum absolute atomic E-state index is 0.149. The van der Waals surface area contributed by atoms with Crippen molar-refractivity contribution in [1.82, 2.24) is 20.2 Å². The lowest BCUT2D eigenvalue weighted by Gasteiger charge is -2.37. The average Bonchev–Trinajstić information content (AvgIpc) is 2.68. The lowest BCUT2D eigenvalue weighted by Crippen LogP contribution is -2.46. The van der Waals surface area contributed by atoms with Gasteiger partial charge in [-0.3, -0.25) is 5.10 Å². The molecule has 2 aromatic heterocycles. The van der Waals surface area contributed by atoms with Gasteiger partial charge in [-0.2, -0.15) is 15.1 Å². The number of aromatic amines is 1. The first kappa shape index (κ1) is 12.4. The van der Waals surface area contributed by atoms with E-state index in [1.165, 1.54) is 0 Å². The van der Waals surface area contributed by atoms with Gasteiger partial charge in [0.1, 0.15) is 16.4 Å². The minimum atomic E-state index is -0.736. The fraction of sp³-hybridized carbons (Fsp3) is 0.545. The number of fused-ring (bicyclic) bond motifs is 1. The van der Waals surface area contributed by atoms with Crippen LogP contribution >= 0.6 is 11.6 Å². The standard InChI is InChI=1S/C11H15ClN6O/c1-11(19)3-2-4-18(5-11)9-6-7(12)16-17-8(6)14-10(13)15-9/h19H,2-5H2,1H3,(H3,13,14,15,16,17). The number of aliphatic hydroxyl groups is 1. The molecule has 19 heavy (non-hydrogen) atoms. The highest BCUT2D eigenvalue weighted by atomic mass is 35.5. The molecule has 0 saturated carbocycles. The van der Waals surface area contributed by atoms with E-state index in [-0.39, 0.29) is 5.95 Å². The van der Waals surface area contributed by atoms with E-state index in [1.54, 1.807) is 0 Å². The summed E-state index contributed by atoms with van der Waals surface area (Å²) < 4.78 is 0. The fourth-order valence-corrected chi connectivity index (χ4v) is 2.73. The van der Waals surface area contributed by atoms with Crippen LogP contribution < -0.4 is 10.6 Å². The summed E-state index contributed by atoms with van der Waals surface area (Å²) in [7, 11) is 0. The Bertz CT molecular complexity index is 625. The maximum absolute atomic E-state index is 10.2. The second-order valence-electron chi connectivity index (χ2n) is 5.16. The maximum Gasteiger partial charge on any atom is 0.224 e. The number of aromatic nitrogens is 4. The van der Waals surface area contributed by atoms with Gasteiger partial charge in [0.25, 0.3) is 0 Å². The number of nitrogen functional groups attached to an aromatic ring is 1. The van der Waals surface area contributed by atoms with Crippen LogP contribution in [0.5, 0.6) is 0 Å². The molecule has 3 rings (SSSR count). The summed E-state index contributed by atoms with van der Waals surface area (Å²) in [6, 6.07) is 0. The molecule has 0 radical (unpaired) electrons. The maximum atomic E-state index is 10.2. The van der Waals surface area contributed by atoms with Crippen LogP contribution in [0.25, 0.3) is 11.0 Å². The van der Waals surface area contributed by atoms with Gasteiger partial charge in [0.2, 0.25) is 5.95 Å². The highest BCUT2D eigenvalue weighted by Gasteiger charge is 2.31. The number of piperidine rings is 1. The zero-order chi connectivity index (χ0) is 13.6. The minimum Gasteiger partial charge on any atom is -0.388 e. The Balaban J connectivity index is 2.11. The SMILES string of the molecule is CC1(O)CCCN(c2nc(N)nc3n[nH]c(Cl)c23)C1. The second kappa shape index (κ2) is 4.21. The van der Waals surface area contributed by atoms with E-state index in [2.05, 4.69) is 20.2 Å². The monoisotopic (exact) mass is 282 g/mol. The van der Waals surface area contributed by atoms with Gasteiger partial charge in [0.15, 0.2) is 5.65 Å². The van der Waals surface area contributed by atoms with Crippen molar-refractivity contribution in [3.8, 4) is 0 Å². The predicted molar refractivity (Wildman–Crippen MR) is 73.2 cm³/mol. The normalized spacial score (nSPS) is 24.1. The molecular weight excluding hydrogens is 268 g/mol. The average molecular weight is 283 g/mol. The van der Waals surface area contributed by atoms with Gasteiger partial charge in [-0.1, -0.05) is 11.6 Å². The van der Waals surface area contributed by atoms with E-state index in [0.717, 1.165) is 19.4 Å². The van der Waals surface area contributed by atoms with E-state index in [4.69, 9.17) is 17.3 Å². The molecule has 2 aromatic rings. The van der Waals surface area contributed by atoms with E-state index < -0.39 is 5.60 Å². The largest absolute Gasteiger partial charge is 0.388 e. The number of hydrogen-bond donors (Lipinski definition) is 3.